The molecule has 1 saturated heterocycles. The highest BCUT2D eigenvalue weighted by Gasteiger charge is 2.16. The molecule has 1 aliphatic rings. The monoisotopic (exact) mass is 343 g/mol. The lowest BCUT2D eigenvalue weighted by atomic mass is 9.96. The van der Waals surface area contributed by atoms with Crippen LogP contribution in [0.1, 0.15) is 28.8 Å². The molecule has 24 heavy (non-hydrogen) atoms. The molecule has 0 aromatic heterocycles. The maximum Gasteiger partial charge on any atom is 0.338 e. The highest BCUT2D eigenvalue weighted by atomic mass is 35.5. The normalized spacial score (nSPS) is 14.8. The predicted molar refractivity (Wildman–Crippen MR) is 97.6 cm³/mol. The number of carbonyl (C=O) groups is 1. The largest absolute Gasteiger partial charge is 0.465 e. The first-order valence-corrected chi connectivity index (χ1v) is 8.75. The van der Waals surface area contributed by atoms with Crippen LogP contribution in [0, 0.1) is 0 Å². The van der Waals surface area contributed by atoms with Gasteiger partial charge in [0.05, 0.1) is 12.7 Å². The summed E-state index contributed by atoms with van der Waals surface area (Å²) in [5, 5.41) is 0.681. The summed E-state index contributed by atoms with van der Waals surface area (Å²) in [4.78, 5) is 14.7. The molecule has 0 radical (unpaired) electrons. The van der Waals surface area contributed by atoms with E-state index in [-0.39, 0.29) is 5.97 Å². The van der Waals surface area contributed by atoms with Gasteiger partial charge in [-0.05, 0) is 67.2 Å². The fraction of sp³-hybridized carbons (Fsp3) is 0.350. The van der Waals surface area contributed by atoms with Gasteiger partial charge in [0.25, 0.3) is 0 Å². The minimum atomic E-state index is -0.303. The van der Waals surface area contributed by atoms with Gasteiger partial charge in [-0.2, -0.15) is 0 Å². The van der Waals surface area contributed by atoms with Gasteiger partial charge in [0, 0.05) is 11.6 Å². The van der Waals surface area contributed by atoms with Crippen molar-refractivity contribution < 1.29 is 9.53 Å². The van der Waals surface area contributed by atoms with E-state index >= 15 is 0 Å². The minimum Gasteiger partial charge on any atom is -0.465 e. The van der Waals surface area contributed by atoms with Crippen molar-refractivity contribution >= 4 is 17.6 Å². The van der Waals surface area contributed by atoms with Crippen LogP contribution in [0.2, 0.25) is 5.02 Å². The Bertz CT molecular complexity index is 706. The number of carbonyl (C=O) groups excluding carboxylic acids is 1. The molecule has 0 atom stereocenters. The topological polar surface area (TPSA) is 29.5 Å². The number of likely N-dealkylation sites (tertiary alicyclic amines) is 1. The Labute approximate surface area is 148 Å². The maximum absolute atomic E-state index is 12.2. The van der Waals surface area contributed by atoms with Crippen LogP contribution < -0.4 is 0 Å². The maximum atomic E-state index is 12.2. The third kappa shape index (κ3) is 3.97. The van der Waals surface area contributed by atoms with Crippen molar-refractivity contribution in [1.29, 1.82) is 0 Å². The SMILES string of the molecule is COC(=O)c1cc(CCN2CCCC2)ccc1-c1ccc(Cl)cc1. The molecule has 0 unspecified atom stereocenters. The van der Waals surface area contributed by atoms with E-state index in [1.54, 1.807) is 0 Å². The second kappa shape index (κ2) is 7.82. The molecule has 0 amide bonds. The smallest absolute Gasteiger partial charge is 0.338 e. The second-order valence-electron chi connectivity index (χ2n) is 6.18. The number of hydrogen-bond acceptors (Lipinski definition) is 3. The first-order valence-electron chi connectivity index (χ1n) is 8.37. The predicted octanol–water partition coefficient (Wildman–Crippen LogP) is 4.43. The number of hydrogen-bond donors (Lipinski definition) is 0. The molecule has 4 heteroatoms. The summed E-state index contributed by atoms with van der Waals surface area (Å²) in [6.45, 7) is 3.42. The third-order valence-corrected chi connectivity index (χ3v) is 4.81. The van der Waals surface area contributed by atoms with Gasteiger partial charge in [-0.1, -0.05) is 35.9 Å². The lowest BCUT2D eigenvalue weighted by molar-refractivity contribution is 0.0601. The summed E-state index contributed by atoms with van der Waals surface area (Å²) in [6, 6.07) is 13.6. The molecule has 2 aromatic carbocycles. The van der Waals surface area contributed by atoms with Gasteiger partial charge in [-0.3, -0.25) is 0 Å². The number of ether oxygens (including phenoxy) is 1. The van der Waals surface area contributed by atoms with Crippen LogP contribution in [0.3, 0.4) is 0 Å². The fourth-order valence-corrected chi connectivity index (χ4v) is 3.33. The Morgan fingerprint density at radius 1 is 1.12 bits per heavy atom. The zero-order valence-electron chi connectivity index (χ0n) is 13.9. The van der Waals surface area contributed by atoms with Gasteiger partial charge < -0.3 is 9.64 Å². The van der Waals surface area contributed by atoms with Crippen LogP contribution in [0.25, 0.3) is 11.1 Å². The average Bonchev–Trinajstić information content (AvgIpc) is 3.13. The molecular weight excluding hydrogens is 322 g/mol. The van der Waals surface area contributed by atoms with E-state index in [1.165, 1.54) is 38.6 Å². The zero-order chi connectivity index (χ0) is 16.9. The Hall–Kier alpha value is -1.84. The zero-order valence-corrected chi connectivity index (χ0v) is 14.7. The molecule has 0 aliphatic carbocycles. The van der Waals surface area contributed by atoms with Crippen LogP contribution in [0.15, 0.2) is 42.5 Å². The summed E-state index contributed by atoms with van der Waals surface area (Å²) < 4.78 is 4.98. The van der Waals surface area contributed by atoms with Gasteiger partial charge >= 0.3 is 5.97 Å². The van der Waals surface area contributed by atoms with Crippen molar-refractivity contribution in [3.63, 3.8) is 0 Å². The van der Waals surface area contributed by atoms with E-state index in [1.807, 2.05) is 36.4 Å². The lowest BCUT2D eigenvalue weighted by Gasteiger charge is -2.15. The molecule has 126 valence electrons. The van der Waals surface area contributed by atoms with Crippen molar-refractivity contribution in [1.82, 2.24) is 4.90 Å². The Morgan fingerprint density at radius 3 is 2.50 bits per heavy atom. The van der Waals surface area contributed by atoms with Crippen molar-refractivity contribution in [2.75, 3.05) is 26.7 Å². The van der Waals surface area contributed by atoms with E-state index < -0.39 is 0 Å². The standard InChI is InChI=1S/C20H22ClNO2/c1-24-20(23)19-14-15(10-13-22-11-2-3-12-22)4-9-18(19)16-5-7-17(21)8-6-16/h4-9,14H,2-3,10-13H2,1H3. The molecule has 2 aromatic rings. The second-order valence-corrected chi connectivity index (χ2v) is 6.61. The fourth-order valence-electron chi connectivity index (χ4n) is 3.20. The third-order valence-electron chi connectivity index (χ3n) is 4.56. The average molecular weight is 344 g/mol. The van der Waals surface area contributed by atoms with Crippen molar-refractivity contribution in [3.05, 3.63) is 58.6 Å². The summed E-state index contributed by atoms with van der Waals surface area (Å²) >= 11 is 5.96. The van der Waals surface area contributed by atoms with Gasteiger partial charge in [0.15, 0.2) is 0 Å². The summed E-state index contributed by atoms with van der Waals surface area (Å²) in [7, 11) is 1.42. The van der Waals surface area contributed by atoms with E-state index in [4.69, 9.17) is 16.3 Å². The van der Waals surface area contributed by atoms with E-state index in [9.17, 15) is 4.79 Å². The van der Waals surface area contributed by atoms with Crippen LogP contribution in [0.5, 0.6) is 0 Å². The van der Waals surface area contributed by atoms with Gasteiger partial charge in [-0.15, -0.1) is 0 Å². The number of nitrogens with zero attached hydrogens (tertiary/aromatic N) is 1. The van der Waals surface area contributed by atoms with Gasteiger partial charge in [-0.25, -0.2) is 4.79 Å². The minimum absolute atomic E-state index is 0.303. The molecular formula is C20H22ClNO2. The molecule has 0 spiro atoms. The molecule has 3 nitrogen and oxygen atoms in total. The van der Waals surface area contributed by atoms with Gasteiger partial charge in [0.2, 0.25) is 0 Å². The Balaban J connectivity index is 1.85. The number of methoxy groups -OCH3 is 1. The van der Waals surface area contributed by atoms with Crippen molar-refractivity contribution in [2.45, 2.75) is 19.3 Å². The number of benzene rings is 2. The summed E-state index contributed by atoms with van der Waals surface area (Å²) in [5.41, 5.74) is 3.62. The number of rotatable bonds is 5. The molecule has 0 bridgehead atoms. The molecule has 1 aliphatic heterocycles. The summed E-state index contributed by atoms with van der Waals surface area (Å²) in [5.74, 6) is -0.303. The van der Waals surface area contributed by atoms with Crippen LogP contribution >= 0.6 is 11.6 Å². The molecule has 1 fully saturated rings. The Kier molecular flexibility index (Phi) is 5.54. The highest BCUT2D eigenvalue weighted by Crippen LogP contribution is 2.27. The first-order chi connectivity index (χ1) is 11.7. The van der Waals surface area contributed by atoms with E-state index in [0.717, 1.165) is 24.1 Å². The molecule has 0 N–H and O–H groups in total. The van der Waals surface area contributed by atoms with Crippen LogP contribution in [-0.2, 0) is 11.2 Å². The number of esters is 1. The van der Waals surface area contributed by atoms with Crippen molar-refractivity contribution in [2.24, 2.45) is 0 Å². The number of halogens is 1. The van der Waals surface area contributed by atoms with Crippen molar-refractivity contribution in [3.8, 4) is 11.1 Å². The lowest BCUT2D eigenvalue weighted by Crippen LogP contribution is -2.22. The first kappa shape index (κ1) is 17.0. The molecule has 3 rings (SSSR count). The Morgan fingerprint density at radius 2 is 1.83 bits per heavy atom. The highest BCUT2D eigenvalue weighted by molar-refractivity contribution is 6.30. The molecule has 0 saturated carbocycles. The van der Waals surface area contributed by atoms with E-state index in [0.29, 0.717) is 10.6 Å². The quantitative estimate of drug-likeness (QED) is 0.752. The van der Waals surface area contributed by atoms with Crippen LogP contribution in [-0.4, -0.2) is 37.6 Å². The molecule has 1 heterocycles. The van der Waals surface area contributed by atoms with Crippen LogP contribution in [0.4, 0.5) is 0 Å². The van der Waals surface area contributed by atoms with E-state index in [2.05, 4.69) is 11.0 Å². The van der Waals surface area contributed by atoms with Gasteiger partial charge in [0.1, 0.15) is 0 Å². The summed E-state index contributed by atoms with van der Waals surface area (Å²) in [6.07, 6.45) is 3.54.